The number of benzene rings is 1. The van der Waals surface area contributed by atoms with Gasteiger partial charge >= 0.3 is 6.03 Å². The van der Waals surface area contributed by atoms with Crippen LogP contribution in [0.15, 0.2) is 41.2 Å². The number of nitrogens with one attached hydrogen (secondary N) is 3. The Kier molecular flexibility index (Phi) is 5.54. The molecular formula is C21H26N6O2. The summed E-state index contributed by atoms with van der Waals surface area (Å²) in [6.45, 7) is 9.77. The first-order chi connectivity index (χ1) is 13.7. The number of hydrogen-bond donors (Lipinski definition) is 3. The lowest BCUT2D eigenvalue weighted by atomic mass is 9.92. The topological polar surface area (TPSA) is 105 Å². The van der Waals surface area contributed by atoms with Crippen molar-refractivity contribution in [3.05, 3.63) is 63.7 Å². The van der Waals surface area contributed by atoms with Crippen molar-refractivity contribution in [2.24, 2.45) is 0 Å². The molecule has 3 aromatic rings. The number of urea groups is 1. The van der Waals surface area contributed by atoms with E-state index in [1.54, 1.807) is 25.1 Å². The molecule has 0 aliphatic rings. The maximum Gasteiger partial charge on any atom is 0.324 e. The van der Waals surface area contributed by atoms with Gasteiger partial charge in [-0.25, -0.2) is 9.78 Å². The molecule has 0 unspecified atom stereocenters. The van der Waals surface area contributed by atoms with Crippen LogP contribution in [0.2, 0.25) is 0 Å². The summed E-state index contributed by atoms with van der Waals surface area (Å²) in [6.07, 6.45) is 0.589. The fourth-order valence-corrected chi connectivity index (χ4v) is 2.91. The van der Waals surface area contributed by atoms with Crippen LogP contribution in [0.4, 0.5) is 16.3 Å². The van der Waals surface area contributed by atoms with E-state index in [1.807, 2.05) is 45.9 Å². The highest BCUT2D eigenvalue weighted by Gasteiger charge is 2.23. The van der Waals surface area contributed by atoms with Crippen LogP contribution < -0.4 is 16.2 Å². The van der Waals surface area contributed by atoms with Crippen molar-refractivity contribution in [2.75, 3.05) is 10.6 Å². The van der Waals surface area contributed by atoms with Gasteiger partial charge in [-0.15, -0.1) is 0 Å². The number of H-pyrrole nitrogens is 1. The second-order valence-electron chi connectivity index (χ2n) is 7.83. The maximum absolute atomic E-state index is 12.5. The Labute approximate surface area is 169 Å². The fraction of sp³-hybridized carbons (Fsp3) is 0.333. The molecule has 2 heterocycles. The van der Waals surface area contributed by atoms with Crippen LogP contribution in [0.3, 0.4) is 0 Å². The molecule has 3 N–H and O–H groups in total. The molecule has 152 valence electrons. The van der Waals surface area contributed by atoms with E-state index >= 15 is 0 Å². The predicted molar refractivity (Wildman–Crippen MR) is 114 cm³/mol. The van der Waals surface area contributed by atoms with Crippen molar-refractivity contribution in [2.45, 2.75) is 46.5 Å². The summed E-state index contributed by atoms with van der Waals surface area (Å²) < 4.78 is 1.46. The number of carbonyl (C=O) groups excluding carboxylic acids is 1. The monoisotopic (exact) mass is 394 g/mol. The molecule has 0 bridgehead atoms. The molecule has 2 amide bonds. The minimum atomic E-state index is -0.415. The van der Waals surface area contributed by atoms with Crippen LogP contribution >= 0.6 is 0 Å². The highest BCUT2D eigenvalue weighted by atomic mass is 16.2. The minimum Gasteiger partial charge on any atom is -0.308 e. The van der Waals surface area contributed by atoms with Gasteiger partial charge < -0.3 is 5.32 Å². The standard InChI is InChI=1S/C21H26N6O2/c1-6-15-13(2)22-19(25-18(15)28)27-17(12-16(26-27)21(3,4)5)24-20(29)23-14-10-8-7-9-11-14/h7-12H,6H2,1-5H3,(H,22,25,28)(H2,23,24,29). The Hall–Kier alpha value is -3.42. The number of aryl methyl sites for hydroxylation is 1. The SMILES string of the molecule is CCc1c(C)nc(-n2nc(C(C)(C)C)cc2NC(=O)Nc2ccccc2)[nH]c1=O. The maximum atomic E-state index is 12.5. The van der Waals surface area contributed by atoms with Crippen LogP contribution in [0.25, 0.3) is 5.95 Å². The Morgan fingerprint density at radius 3 is 2.45 bits per heavy atom. The predicted octanol–water partition coefficient (Wildman–Crippen LogP) is 3.77. The van der Waals surface area contributed by atoms with Crippen molar-refractivity contribution >= 4 is 17.5 Å². The third-order valence-corrected chi connectivity index (χ3v) is 4.51. The van der Waals surface area contributed by atoms with E-state index < -0.39 is 6.03 Å². The highest BCUT2D eigenvalue weighted by Crippen LogP contribution is 2.25. The molecule has 8 heteroatoms. The summed E-state index contributed by atoms with van der Waals surface area (Å²) in [5, 5.41) is 10.2. The Morgan fingerprint density at radius 2 is 1.86 bits per heavy atom. The van der Waals surface area contributed by atoms with E-state index in [1.165, 1.54) is 4.68 Å². The zero-order valence-electron chi connectivity index (χ0n) is 17.3. The Morgan fingerprint density at radius 1 is 1.17 bits per heavy atom. The zero-order valence-corrected chi connectivity index (χ0v) is 17.3. The smallest absolute Gasteiger partial charge is 0.308 e. The van der Waals surface area contributed by atoms with Gasteiger partial charge in [0.25, 0.3) is 5.56 Å². The molecule has 2 aromatic heterocycles. The molecular weight excluding hydrogens is 368 g/mol. The summed E-state index contributed by atoms with van der Waals surface area (Å²) >= 11 is 0. The van der Waals surface area contributed by atoms with Crippen molar-refractivity contribution < 1.29 is 4.79 Å². The molecule has 0 fully saturated rings. The van der Waals surface area contributed by atoms with Crippen LogP contribution in [0.5, 0.6) is 0 Å². The second-order valence-corrected chi connectivity index (χ2v) is 7.83. The largest absolute Gasteiger partial charge is 0.324 e. The summed E-state index contributed by atoms with van der Waals surface area (Å²) in [5.41, 5.74) is 2.24. The molecule has 29 heavy (non-hydrogen) atoms. The summed E-state index contributed by atoms with van der Waals surface area (Å²) in [6, 6.07) is 10.5. The number of para-hydroxylation sites is 1. The molecule has 0 radical (unpaired) electrons. The van der Waals surface area contributed by atoms with E-state index in [0.717, 1.165) is 5.69 Å². The fourth-order valence-electron chi connectivity index (χ4n) is 2.91. The van der Waals surface area contributed by atoms with E-state index in [-0.39, 0.29) is 16.9 Å². The quantitative estimate of drug-likeness (QED) is 0.626. The number of hydrogen-bond acceptors (Lipinski definition) is 4. The normalized spacial score (nSPS) is 11.3. The molecule has 0 saturated heterocycles. The summed E-state index contributed by atoms with van der Waals surface area (Å²) in [7, 11) is 0. The van der Waals surface area contributed by atoms with Crippen LogP contribution in [0.1, 0.15) is 44.6 Å². The number of aromatic nitrogens is 4. The van der Waals surface area contributed by atoms with Gasteiger partial charge in [0.05, 0.1) is 5.69 Å². The third kappa shape index (κ3) is 4.53. The van der Waals surface area contributed by atoms with Crippen molar-refractivity contribution in [1.29, 1.82) is 0 Å². The Balaban J connectivity index is 2.00. The number of rotatable bonds is 4. The average Bonchev–Trinajstić information content (AvgIpc) is 3.06. The van der Waals surface area contributed by atoms with Gasteiger partial charge in [0, 0.05) is 28.4 Å². The lowest BCUT2D eigenvalue weighted by Gasteiger charge is -2.14. The molecule has 8 nitrogen and oxygen atoms in total. The molecule has 3 rings (SSSR count). The van der Waals surface area contributed by atoms with Crippen molar-refractivity contribution in [3.8, 4) is 5.95 Å². The first kappa shape index (κ1) is 20.3. The lowest BCUT2D eigenvalue weighted by Crippen LogP contribution is -2.24. The molecule has 0 spiro atoms. The second kappa shape index (κ2) is 7.90. The number of carbonyl (C=O) groups is 1. The summed E-state index contributed by atoms with van der Waals surface area (Å²) in [4.78, 5) is 32.2. The van der Waals surface area contributed by atoms with Gasteiger partial charge in [0.2, 0.25) is 5.95 Å². The highest BCUT2D eigenvalue weighted by molar-refractivity contribution is 5.99. The van der Waals surface area contributed by atoms with Gasteiger partial charge in [-0.1, -0.05) is 45.9 Å². The molecule has 0 atom stereocenters. The van der Waals surface area contributed by atoms with Gasteiger partial charge in [0.1, 0.15) is 5.82 Å². The molecule has 0 aliphatic heterocycles. The number of nitrogens with zero attached hydrogens (tertiary/aromatic N) is 3. The van der Waals surface area contributed by atoms with Crippen LogP contribution in [-0.2, 0) is 11.8 Å². The van der Waals surface area contributed by atoms with Gasteiger partial charge in [-0.3, -0.25) is 15.1 Å². The lowest BCUT2D eigenvalue weighted by molar-refractivity contribution is 0.262. The van der Waals surface area contributed by atoms with E-state index in [4.69, 9.17) is 0 Å². The minimum absolute atomic E-state index is 0.206. The number of amides is 2. The van der Waals surface area contributed by atoms with E-state index in [0.29, 0.717) is 29.2 Å². The average molecular weight is 394 g/mol. The molecule has 0 aliphatic carbocycles. The van der Waals surface area contributed by atoms with Crippen molar-refractivity contribution in [1.82, 2.24) is 19.7 Å². The van der Waals surface area contributed by atoms with Crippen molar-refractivity contribution in [3.63, 3.8) is 0 Å². The van der Waals surface area contributed by atoms with Gasteiger partial charge in [0.15, 0.2) is 0 Å². The van der Waals surface area contributed by atoms with Gasteiger partial charge in [-0.2, -0.15) is 9.78 Å². The zero-order chi connectivity index (χ0) is 21.2. The summed E-state index contributed by atoms with van der Waals surface area (Å²) in [5.74, 6) is 0.672. The number of aromatic amines is 1. The van der Waals surface area contributed by atoms with Crippen LogP contribution in [0, 0.1) is 6.92 Å². The first-order valence-electron chi connectivity index (χ1n) is 9.52. The van der Waals surface area contributed by atoms with E-state index in [2.05, 4.69) is 25.7 Å². The van der Waals surface area contributed by atoms with E-state index in [9.17, 15) is 9.59 Å². The first-order valence-corrected chi connectivity index (χ1v) is 9.52. The molecule has 0 saturated carbocycles. The van der Waals surface area contributed by atoms with Crippen LogP contribution in [-0.4, -0.2) is 25.8 Å². The molecule has 1 aromatic carbocycles. The number of anilines is 2. The third-order valence-electron chi connectivity index (χ3n) is 4.51. The Bertz CT molecular complexity index is 1080. The van der Waals surface area contributed by atoms with Gasteiger partial charge in [-0.05, 0) is 25.5 Å².